The van der Waals surface area contributed by atoms with Crippen molar-refractivity contribution >= 4 is 22.4 Å². The van der Waals surface area contributed by atoms with Crippen molar-refractivity contribution in [2.75, 3.05) is 37.8 Å². The van der Waals surface area contributed by atoms with E-state index in [9.17, 15) is 4.79 Å². The van der Waals surface area contributed by atoms with Gasteiger partial charge in [0, 0.05) is 36.4 Å². The van der Waals surface area contributed by atoms with Crippen LogP contribution in [0.2, 0.25) is 0 Å². The van der Waals surface area contributed by atoms with Gasteiger partial charge in [-0.3, -0.25) is 4.79 Å². The van der Waals surface area contributed by atoms with Crippen molar-refractivity contribution in [1.82, 2.24) is 19.9 Å². The Morgan fingerprint density at radius 2 is 1.74 bits per heavy atom. The highest BCUT2D eigenvalue weighted by Crippen LogP contribution is 2.35. The highest BCUT2D eigenvalue weighted by Gasteiger charge is 2.25. The summed E-state index contributed by atoms with van der Waals surface area (Å²) in [5.41, 5.74) is 11.1. The van der Waals surface area contributed by atoms with Gasteiger partial charge in [0.15, 0.2) is 0 Å². The first kappa shape index (κ1) is 25.8. The molecule has 4 aromatic rings. The summed E-state index contributed by atoms with van der Waals surface area (Å²) in [5, 5.41) is 0.476. The molecule has 1 aliphatic rings. The molecule has 198 valence electrons. The summed E-state index contributed by atoms with van der Waals surface area (Å²) in [6.45, 7) is 8.18. The van der Waals surface area contributed by atoms with E-state index in [0.29, 0.717) is 40.0 Å². The number of pyridine rings is 1. The number of nitrogens with zero attached hydrogens (tertiary/aromatic N) is 4. The van der Waals surface area contributed by atoms with Crippen molar-refractivity contribution < 1.29 is 9.13 Å². The Morgan fingerprint density at radius 3 is 2.45 bits per heavy atom. The lowest BCUT2D eigenvalue weighted by atomic mass is 9.97. The number of anilines is 2. The molecule has 3 heterocycles. The van der Waals surface area contributed by atoms with Crippen molar-refractivity contribution in [3.63, 3.8) is 0 Å². The van der Waals surface area contributed by atoms with Crippen LogP contribution in [0.25, 0.3) is 33.2 Å². The molecular weight excluding hydrogens is 483 g/mol. The molecule has 0 radical (unpaired) electrons. The molecule has 1 fully saturated rings. The predicted octanol–water partition coefficient (Wildman–Crippen LogP) is 4.36. The molecule has 8 nitrogen and oxygen atoms in total. The van der Waals surface area contributed by atoms with E-state index in [1.807, 2.05) is 26.2 Å². The number of fused-ring (bicyclic) bond motifs is 1. The third-order valence-electron chi connectivity index (χ3n) is 6.78. The average Bonchev–Trinajstić information content (AvgIpc) is 2.82. The molecule has 1 saturated heterocycles. The van der Waals surface area contributed by atoms with Crippen molar-refractivity contribution in [3.8, 4) is 22.3 Å². The second-order valence-corrected chi connectivity index (χ2v) is 10.4. The maximum absolute atomic E-state index is 15.3. The Morgan fingerprint density at radius 1 is 1.05 bits per heavy atom. The van der Waals surface area contributed by atoms with Gasteiger partial charge in [0.1, 0.15) is 11.6 Å². The Balaban J connectivity index is 1.59. The van der Waals surface area contributed by atoms with Crippen LogP contribution in [0.3, 0.4) is 0 Å². The highest BCUT2D eigenvalue weighted by atomic mass is 19.1. The predicted molar refractivity (Wildman–Crippen MR) is 150 cm³/mol. The van der Waals surface area contributed by atoms with E-state index in [0.717, 1.165) is 29.9 Å². The molecule has 0 saturated carbocycles. The number of ether oxygens (including phenoxy) is 1. The van der Waals surface area contributed by atoms with Gasteiger partial charge in [-0.25, -0.2) is 9.97 Å². The Kier molecular flexibility index (Phi) is 6.90. The summed E-state index contributed by atoms with van der Waals surface area (Å²) in [4.78, 5) is 27.9. The maximum atomic E-state index is 15.3. The summed E-state index contributed by atoms with van der Waals surface area (Å²) in [6, 6.07) is 13.0. The number of hydrogen-bond donors (Lipinski definition) is 2. The van der Waals surface area contributed by atoms with Crippen LogP contribution in [-0.2, 0) is 11.3 Å². The zero-order valence-corrected chi connectivity index (χ0v) is 22.4. The standard InChI is InChI=1S/C29H33FN6O2/c1-16-13-36(14-17(2)38-16)26-9-7-19(10-21(26)15-35(4)5)23-12-24(28(31)34-27(23)30)20-6-8-22-25(11-20)32-18(3)33-29(22)37/h6-12,16-17H,13-15H2,1-5H3,(H2,31,34)(H,32,33,37)/t16-,17+. The molecule has 5 rings (SSSR count). The zero-order valence-electron chi connectivity index (χ0n) is 22.4. The van der Waals surface area contributed by atoms with E-state index >= 15 is 4.39 Å². The fourth-order valence-corrected chi connectivity index (χ4v) is 5.27. The summed E-state index contributed by atoms with van der Waals surface area (Å²) >= 11 is 0. The van der Waals surface area contributed by atoms with Crippen molar-refractivity contribution in [2.24, 2.45) is 0 Å². The number of nitrogen functional groups attached to an aromatic ring is 1. The van der Waals surface area contributed by atoms with Crippen molar-refractivity contribution in [2.45, 2.75) is 39.5 Å². The normalized spacial score (nSPS) is 17.9. The first-order valence-electron chi connectivity index (χ1n) is 12.7. The molecular formula is C29H33FN6O2. The second kappa shape index (κ2) is 10.2. The fourth-order valence-electron chi connectivity index (χ4n) is 5.27. The van der Waals surface area contributed by atoms with E-state index in [1.54, 1.807) is 31.2 Å². The van der Waals surface area contributed by atoms with E-state index in [-0.39, 0.29) is 23.6 Å². The molecule has 2 aromatic heterocycles. The molecule has 0 spiro atoms. The van der Waals surface area contributed by atoms with Crippen LogP contribution in [0.15, 0.2) is 47.3 Å². The number of H-pyrrole nitrogens is 1. The minimum absolute atomic E-state index is 0.0774. The molecule has 2 atom stereocenters. The monoisotopic (exact) mass is 516 g/mol. The third kappa shape index (κ3) is 5.12. The van der Waals surface area contributed by atoms with Gasteiger partial charge in [-0.1, -0.05) is 12.1 Å². The lowest BCUT2D eigenvalue weighted by Crippen LogP contribution is -2.46. The van der Waals surface area contributed by atoms with Gasteiger partial charge in [0.2, 0.25) is 5.95 Å². The van der Waals surface area contributed by atoms with E-state index in [4.69, 9.17) is 10.5 Å². The number of rotatable bonds is 5. The van der Waals surface area contributed by atoms with Gasteiger partial charge in [-0.05, 0) is 81.9 Å². The minimum atomic E-state index is -0.630. The topological polar surface area (TPSA) is 100 Å². The van der Waals surface area contributed by atoms with Crippen LogP contribution >= 0.6 is 0 Å². The van der Waals surface area contributed by atoms with Gasteiger partial charge in [0.05, 0.1) is 23.1 Å². The number of benzene rings is 2. The van der Waals surface area contributed by atoms with Crippen molar-refractivity contribution in [1.29, 1.82) is 0 Å². The minimum Gasteiger partial charge on any atom is -0.383 e. The van der Waals surface area contributed by atoms with Gasteiger partial charge in [0.25, 0.3) is 5.56 Å². The highest BCUT2D eigenvalue weighted by molar-refractivity contribution is 5.87. The lowest BCUT2D eigenvalue weighted by Gasteiger charge is -2.38. The number of nitrogens with one attached hydrogen (secondary N) is 1. The van der Waals surface area contributed by atoms with Gasteiger partial charge in [-0.2, -0.15) is 4.39 Å². The summed E-state index contributed by atoms with van der Waals surface area (Å²) in [6.07, 6.45) is 0.255. The summed E-state index contributed by atoms with van der Waals surface area (Å²) < 4.78 is 21.2. The Labute approximate surface area is 221 Å². The van der Waals surface area contributed by atoms with E-state index in [1.165, 1.54) is 0 Å². The number of aryl methyl sites for hydroxylation is 1. The first-order valence-corrected chi connectivity index (χ1v) is 12.7. The summed E-state index contributed by atoms with van der Waals surface area (Å²) in [5.74, 6) is -0.0358. The Hall–Kier alpha value is -3.82. The third-order valence-corrected chi connectivity index (χ3v) is 6.78. The quantitative estimate of drug-likeness (QED) is 0.380. The van der Waals surface area contributed by atoms with Crippen LogP contribution < -0.4 is 16.2 Å². The van der Waals surface area contributed by atoms with E-state index < -0.39 is 5.95 Å². The molecule has 3 N–H and O–H groups in total. The van der Waals surface area contributed by atoms with Crippen LogP contribution in [0.1, 0.15) is 25.2 Å². The number of morpholine rings is 1. The number of nitrogens with two attached hydrogens (primary N) is 1. The average molecular weight is 517 g/mol. The van der Waals surface area contributed by atoms with Gasteiger partial charge < -0.3 is 25.3 Å². The number of aromatic amines is 1. The van der Waals surface area contributed by atoms with Crippen LogP contribution in [0, 0.1) is 12.9 Å². The zero-order chi connectivity index (χ0) is 27.1. The molecule has 0 aliphatic carbocycles. The van der Waals surface area contributed by atoms with Gasteiger partial charge in [-0.15, -0.1) is 0 Å². The molecule has 0 unspecified atom stereocenters. The van der Waals surface area contributed by atoms with Crippen molar-refractivity contribution in [3.05, 3.63) is 70.2 Å². The van der Waals surface area contributed by atoms with Crippen LogP contribution in [0.5, 0.6) is 0 Å². The molecule has 9 heteroatoms. The summed E-state index contributed by atoms with van der Waals surface area (Å²) in [7, 11) is 4.04. The molecule has 1 aliphatic heterocycles. The number of halogens is 1. The smallest absolute Gasteiger partial charge is 0.258 e. The Bertz CT molecular complexity index is 1560. The molecule has 2 aromatic carbocycles. The second-order valence-electron chi connectivity index (χ2n) is 10.4. The SMILES string of the molecule is Cc1nc2cc(-c3cc(-c4ccc(N5C[C@@H](C)O[C@@H](C)C5)c(CN(C)C)c4)c(F)nc3N)ccc2c(=O)[nH]1. The fraction of sp³-hybridized carbons (Fsp3) is 0.345. The maximum Gasteiger partial charge on any atom is 0.258 e. The van der Waals surface area contributed by atoms with Crippen LogP contribution in [-0.4, -0.2) is 59.2 Å². The lowest BCUT2D eigenvalue weighted by molar-refractivity contribution is -0.00528. The molecule has 38 heavy (non-hydrogen) atoms. The number of aromatic nitrogens is 3. The van der Waals surface area contributed by atoms with E-state index in [2.05, 4.69) is 44.7 Å². The van der Waals surface area contributed by atoms with Crippen LogP contribution in [0.4, 0.5) is 15.9 Å². The largest absolute Gasteiger partial charge is 0.383 e. The molecule has 0 amide bonds. The number of hydrogen-bond acceptors (Lipinski definition) is 7. The molecule has 0 bridgehead atoms. The first-order chi connectivity index (χ1) is 18.1. The van der Waals surface area contributed by atoms with Gasteiger partial charge >= 0.3 is 0 Å².